The first kappa shape index (κ1) is 45.4. The fraction of sp³-hybridized carbons (Fsp3) is 0.479. The molecule has 4 N–H and O–H groups in total. The molecule has 2 aliphatic carbocycles. The van der Waals surface area contributed by atoms with Crippen molar-refractivity contribution in [3.63, 3.8) is 0 Å². The zero-order valence-electron chi connectivity index (χ0n) is 37.4. The summed E-state index contributed by atoms with van der Waals surface area (Å²) in [7, 11) is -4.76. The average Bonchev–Trinajstić information content (AvgIpc) is 3.91. The molecule has 15 nitrogen and oxygen atoms in total. The van der Waals surface area contributed by atoms with Gasteiger partial charge in [0.25, 0.3) is 21.9 Å². The smallest absolute Gasteiger partial charge is 0.312 e. The molecule has 18 heteroatoms. The number of fused-ring (bicyclic) bond motifs is 1. The molecule has 3 aromatic heterocycles. The van der Waals surface area contributed by atoms with Gasteiger partial charge in [-0.3, -0.25) is 19.8 Å². The summed E-state index contributed by atoms with van der Waals surface area (Å²) < 4.78 is 65.4. The first-order chi connectivity index (χ1) is 31.5. The van der Waals surface area contributed by atoms with Gasteiger partial charge >= 0.3 is 5.69 Å². The highest BCUT2D eigenvalue weighted by molar-refractivity contribution is 7.90. The van der Waals surface area contributed by atoms with Crippen LogP contribution in [0.3, 0.4) is 0 Å². The number of aromatic nitrogens is 3. The van der Waals surface area contributed by atoms with Crippen LogP contribution in [0.4, 0.5) is 26.0 Å². The van der Waals surface area contributed by atoms with E-state index in [0.29, 0.717) is 68.9 Å². The Morgan fingerprint density at radius 1 is 1.03 bits per heavy atom. The average molecular weight is 927 g/mol. The van der Waals surface area contributed by atoms with E-state index in [-0.39, 0.29) is 39.5 Å². The largest absolute Gasteiger partial charge is 0.452 e. The van der Waals surface area contributed by atoms with Gasteiger partial charge in [-0.1, -0.05) is 44.5 Å². The molecule has 66 heavy (non-hydrogen) atoms. The number of nitrogens with one attached hydrogen (secondary N) is 3. The number of likely N-dealkylation sites (tertiary alicyclic amines) is 1. The van der Waals surface area contributed by atoms with E-state index in [9.17, 15) is 32.8 Å². The number of amides is 1. The number of carbonyl (C=O) groups is 1. The predicted octanol–water partition coefficient (Wildman–Crippen LogP) is 8.77. The van der Waals surface area contributed by atoms with Gasteiger partial charge in [0.2, 0.25) is 5.82 Å². The number of sulfonamides is 1. The third-order valence-corrected chi connectivity index (χ3v) is 15.8. The van der Waals surface area contributed by atoms with Crippen molar-refractivity contribution in [2.45, 2.75) is 107 Å². The Morgan fingerprint density at radius 3 is 2.50 bits per heavy atom. The monoisotopic (exact) mass is 926 g/mol. The van der Waals surface area contributed by atoms with E-state index >= 15 is 4.39 Å². The van der Waals surface area contributed by atoms with Gasteiger partial charge in [0.15, 0.2) is 5.75 Å². The fourth-order valence-electron chi connectivity index (χ4n) is 10.7. The summed E-state index contributed by atoms with van der Waals surface area (Å²) in [5.41, 5.74) is 2.04. The highest BCUT2D eigenvalue weighted by Crippen LogP contribution is 2.49. The van der Waals surface area contributed by atoms with Crippen LogP contribution < -0.4 is 19.7 Å². The van der Waals surface area contributed by atoms with Gasteiger partial charge < -0.3 is 25.0 Å². The quantitative estimate of drug-likeness (QED) is 0.0499. The zero-order valence-corrected chi connectivity index (χ0v) is 38.2. The molecular weight excluding hydrogens is 871 g/mol. The van der Waals surface area contributed by atoms with Crippen LogP contribution in [-0.2, 0) is 10.0 Å². The van der Waals surface area contributed by atoms with Crippen molar-refractivity contribution in [1.29, 1.82) is 0 Å². The standard InChI is InChI=1S/C48H56F2N8O7S/c1-29(2)33-7-4-5-8-34(33)35-9-6-10-39(35)57-27-48(28-57)17-19-56(20-18-48)31-11-12-36(41(21-31)65-42-23-37-38(49)26-53-44(37)54-43(42)50)46(59)55-66(63,64)32-22-40(58(61)62)45(52-25-32)51-24-30-13-15-47(3,60)16-14-30/h4-5,7-8,11-12,21-23,25-26,29-30,35,39,60H,6,9-10,13-20,24,27-28H2,1-3H3,(H,51,52)(H,53,54)(H,55,59)/t30-,35-,39-,47-/m1/s1. The number of ether oxygens (including phenoxy) is 1. The first-order valence-electron chi connectivity index (χ1n) is 22.9. The molecule has 0 unspecified atom stereocenters. The molecule has 350 valence electrons. The Bertz CT molecular complexity index is 2760. The Labute approximate surface area is 382 Å². The minimum atomic E-state index is -4.76. The van der Waals surface area contributed by atoms with Crippen LogP contribution in [0.25, 0.3) is 11.0 Å². The Hall–Kier alpha value is -5.72. The second kappa shape index (κ2) is 17.8. The minimum Gasteiger partial charge on any atom is -0.452 e. The molecule has 1 spiro atoms. The summed E-state index contributed by atoms with van der Waals surface area (Å²) in [4.78, 5) is 39.9. The number of nitrogens with zero attached hydrogens (tertiary/aromatic N) is 5. The summed E-state index contributed by atoms with van der Waals surface area (Å²) in [5, 5.41) is 25.3. The molecule has 2 atom stereocenters. The van der Waals surface area contributed by atoms with Gasteiger partial charge in [-0.15, -0.1) is 0 Å². The lowest BCUT2D eigenvalue weighted by atomic mass is 9.70. The van der Waals surface area contributed by atoms with Crippen LogP contribution >= 0.6 is 0 Å². The van der Waals surface area contributed by atoms with Crippen molar-refractivity contribution >= 4 is 44.2 Å². The van der Waals surface area contributed by atoms with Crippen LogP contribution in [0.2, 0.25) is 0 Å². The molecule has 9 rings (SSSR count). The van der Waals surface area contributed by atoms with Crippen LogP contribution in [0.5, 0.6) is 11.5 Å². The van der Waals surface area contributed by atoms with Crippen molar-refractivity contribution in [3.8, 4) is 11.5 Å². The van der Waals surface area contributed by atoms with Crippen molar-refractivity contribution in [2.75, 3.05) is 42.9 Å². The van der Waals surface area contributed by atoms with Gasteiger partial charge in [0, 0.05) is 62.8 Å². The third-order valence-electron chi connectivity index (χ3n) is 14.5. The van der Waals surface area contributed by atoms with Gasteiger partial charge in [-0.05, 0) is 111 Å². The number of aromatic amines is 1. The number of H-pyrrole nitrogens is 1. The van der Waals surface area contributed by atoms with E-state index in [1.165, 1.54) is 42.5 Å². The second-order valence-electron chi connectivity index (χ2n) is 19.4. The number of hydrogen-bond acceptors (Lipinski definition) is 12. The number of benzene rings is 2. The van der Waals surface area contributed by atoms with Crippen LogP contribution in [-0.4, -0.2) is 88.6 Å². The van der Waals surface area contributed by atoms with Crippen molar-refractivity contribution in [3.05, 3.63) is 106 Å². The lowest BCUT2D eigenvalue weighted by Gasteiger charge is -2.57. The molecule has 2 saturated heterocycles. The molecule has 2 aliphatic heterocycles. The highest BCUT2D eigenvalue weighted by Gasteiger charge is 2.49. The van der Waals surface area contributed by atoms with Crippen LogP contribution in [0.15, 0.2) is 71.9 Å². The molecule has 0 bridgehead atoms. The highest BCUT2D eigenvalue weighted by atomic mass is 32.2. The van der Waals surface area contributed by atoms with Gasteiger partial charge in [-0.2, -0.15) is 9.37 Å². The Balaban J connectivity index is 0.917. The first-order valence-corrected chi connectivity index (χ1v) is 24.4. The maximum absolute atomic E-state index is 15.4. The summed E-state index contributed by atoms with van der Waals surface area (Å²) in [6.07, 6.45) is 9.99. The number of aliphatic hydroxyl groups is 1. The van der Waals surface area contributed by atoms with Gasteiger partial charge in [0.1, 0.15) is 22.1 Å². The second-order valence-corrected chi connectivity index (χ2v) is 21.1. The number of rotatable bonds is 13. The lowest BCUT2D eigenvalue weighted by molar-refractivity contribution is -0.384. The van der Waals surface area contributed by atoms with E-state index in [4.69, 9.17) is 4.74 Å². The number of pyridine rings is 2. The van der Waals surface area contributed by atoms with E-state index in [1.54, 1.807) is 13.0 Å². The summed E-state index contributed by atoms with van der Waals surface area (Å²) >= 11 is 0. The Morgan fingerprint density at radius 2 is 1.77 bits per heavy atom. The molecule has 4 aliphatic rings. The van der Waals surface area contributed by atoms with E-state index in [1.807, 2.05) is 4.72 Å². The van der Waals surface area contributed by atoms with Gasteiger partial charge in [0.05, 0.1) is 27.7 Å². The molecule has 5 aromatic rings. The predicted molar refractivity (Wildman–Crippen MR) is 246 cm³/mol. The number of anilines is 2. The normalized spacial score (nSPS) is 23.3. The zero-order chi connectivity index (χ0) is 46.5. The number of piperidine rings is 1. The number of halogens is 2. The molecule has 4 fully saturated rings. The summed E-state index contributed by atoms with van der Waals surface area (Å²) in [5.74, 6) is -2.69. The number of nitro groups is 1. The minimum absolute atomic E-state index is 0.0528. The summed E-state index contributed by atoms with van der Waals surface area (Å²) in [6.45, 7) is 10.1. The third kappa shape index (κ3) is 9.19. The Kier molecular flexibility index (Phi) is 12.3. The number of hydrogen-bond donors (Lipinski definition) is 4. The van der Waals surface area contributed by atoms with Crippen LogP contribution in [0, 0.1) is 33.2 Å². The van der Waals surface area contributed by atoms with Crippen molar-refractivity contribution in [2.24, 2.45) is 11.3 Å². The molecule has 1 amide bonds. The van der Waals surface area contributed by atoms with E-state index < -0.39 is 54.6 Å². The molecule has 2 aromatic carbocycles. The van der Waals surface area contributed by atoms with E-state index in [0.717, 1.165) is 50.5 Å². The van der Waals surface area contributed by atoms with E-state index in [2.05, 4.69) is 68.2 Å². The maximum Gasteiger partial charge on any atom is 0.312 e. The molecular formula is C48H56F2N8O7S. The molecule has 5 heterocycles. The van der Waals surface area contributed by atoms with Crippen LogP contribution in [0.1, 0.15) is 112 Å². The number of carbonyl (C=O) groups excluding carboxylic acids is 1. The molecule has 0 radical (unpaired) electrons. The van der Waals surface area contributed by atoms with Crippen molar-refractivity contribution < 1.29 is 36.8 Å². The SMILES string of the molecule is CC(C)c1ccccc1[C@H]1CCC[C@H]1N1CC2(CCN(c3ccc(C(=O)NS(=O)(=O)c4cnc(NC[C@H]5CC[C@](C)(O)CC5)c([N+](=O)[O-])c4)c(Oc4cc5c(F)c[nH]c5nc4F)c3)CC2)C1. The van der Waals surface area contributed by atoms with Crippen molar-refractivity contribution in [1.82, 2.24) is 24.6 Å². The molecule has 2 saturated carbocycles. The fourth-order valence-corrected chi connectivity index (χ4v) is 11.6. The lowest BCUT2D eigenvalue weighted by Crippen LogP contribution is -2.63. The van der Waals surface area contributed by atoms with Gasteiger partial charge in [-0.25, -0.2) is 22.5 Å². The summed E-state index contributed by atoms with van der Waals surface area (Å²) in [6, 6.07) is 15.9. The topological polar surface area (TPSA) is 196 Å². The maximum atomic E-state index is 15.4.